The van der Waals surface area contributed by atoms with Crippen LogP contribution in [0.4, 0.5) is 0 Å². The Balaban J connectivity index is 1.13. The number of hydrogen-bond donors (Lipinski definition) is 0. The van der Waals surface area contributed by atoms with Gasteiger partial charge in [-0.15, -0.1) is 0 Å². The molecule has 14 aromatic carbocycles. The summed E-state index contributed by atoms with van der Waals surface area (Å²) >= 11 is 0. The molecule has 0 aliphatic heterocycles. The van der Waals surface area contributed by atoms with Gasteiger partial charge in [0.1, 0.15) is 0 Å². The lowest BCUT2D eigenvalue weighted by Crippen LogP contribution is -1.97. The molecule has 0 aliphatic rings. The maximum Gasteiger partial charge on any atom is 0.0979 e. The second-order valence-electron chi connectivity index (χ2n) is 19.7. The number of aromatic nitrogens is 4. The predicted octanol–water partition coefficient (Wildman–Crippen LogP) is 18.1. The molecule has 17 aromatic rings. The number of rotatable bonds is 4. The van der Waals surface area contributed by atoms with Crippen LogP contribution in [0, 0.1) is 0 Å². The van der Waals surface area contributed by atoms with Crippen molar-refractivity contribution in [1.82, 2.24) is 19.9 Å². The molecular formula is C68H36N4. The molecule has 0 N–H and O–H groups in total. The highest BCUT2D eigenvalue weighted by molar-refractivity contribution is 6.27. The second-order valence-corrected chi connectivity index (χ2v) is 19.7. The summed E-state index contributed by atoms with van der Waals surface area (Å²) in [6.07, 6.45) is 0. The summed E-state index contributed by atoms with van der Waals surface area (Å²) < 4.78 is 0. The van der Waals surface area contributed by atoms with Crippen LogP contribution in [0.25, 0.3) is 175 Å². The van der Waals surface area contributed by atoms with Crippen LogP contribution in [-0.4, -0.2) is 19.9 Å². The Morgan fingerprint density at radius 2 is 0.389 bits per heavy atom. The summed E-state index contributed by atoms with van der Waals surface area (Å²) in [7, 11) is 0. The molecule has 0 aliphatic carbocycles. The molecule has 0 radical (unpaired) electrons. The molecule has 12 bridgehead atoms. The van der Waals surface area contributed by atoms with Gasteiger partial charge in [-0.1, -0.05) is 146 Å². The van der Waals surface area contributed by atoms with Crippen LogP contribution in [0.1, 0.15) is 0 Å². The molecule has 4 heteroatoms. The minimum atomic E-state index is 0.885. The first-order valence-corrected chi connectivity index (χ1v) is 24.7. The summed E-state index contributed by atoms with van der Waals surface area (Å²) in [5.74, 6) is 0. The van der Waals surface area contributed by atoms with Crippen molar-refractivity contribution < 1.29 is 0 Å². The Hall–Kier alpha value is -9.64. The number of benzene rings is 14. The van der Waals surface area contributed by atoms with Gasteiger partial charge in [-0.25, -0.2) is 19.9 Å². The maximum absolute atomic E-state index is 5.91. The van der Waals surface area contributed by atoms with E-state index in [0.29, 0.717) is 0 Å². The molecule has 0 unspecified atom stereocenters. The van der Waals surface area contributed by atoms with E-state index in [1.54, 1.807) is 0 Å². The first kappa shape index (κ1) is 38.2. The fourth-order valence-corrected chi connectivity index (χ4v) is 12.3. The molecule has 3 aromatic heterocycles. The largest absolute Gasteiger partial charge is 0.243 e. The molecule has 0 atom stereocenters. The van der Waals surface area contributed by atoms with Crippen molar-refractivity contribution in [2.24, 2.45) is 0 Å². The third kappa shape index (κ3) is 5.30. The van der Waals surface area contributed by atoms with Gasteiger partial charge in [0.2, 0.25) is 0 Å². The van der Waals surface area contributed by atoms with Gasteiger partial charge in [-0.05, 0) is 160 Å². The van der Waals surface area contributed by atoms with E-state index in [1.807, 2.05) is 0 Å². The zero-order chi connectivity index (χ0) is 46.8. The smallest absolute Gasteiger partial charge is 0.0979 e. The van der Waals surface area contributed by atoms with E-state index in [9.17, 15) is 0 Å². The van der Waals surface area contributed by atoms with E-state index in [-0.39, 0.29) is 0 Å². The van der Waals surface area contributed by atoms with E-state index < -0.39 is 0 Å². The van der Waals surface area contributed by atoms with E-state index in [1.165, 1.54) is 0 Å². The number of hydrogen-bond acceptors (Lipinski definition) is 4. The van der Waals surface area contributed by atoms with Crippen molar-refractivity contribution in [3.63, 3.8) is 0 Å². The Morgan fingerprint density at radius 1 is 0.167 bits per heavy atom. The molecule has 4 nitrogen and oxygen atoms in total. The topological polar surface area (TPSA) is 51.6 Å². The average Bonchev–Trinajstić information content (AvgIpc) is 3.44. The molecule has 0 amide bonds. The SMILES string of the molecule is c1ccc(-c2cc3cc4ccc5cc6cc(-c7ccccc7)c7nc8c(-c9ccccc9)cc9cc%10ccc%11cc%12cc(-c%13ccccc%13)c%13nc2c2nc%13c%12cc%11c%10cc9c8nc7c6cc5c4cc32)cc1. The van der Waals surface area contributed by atoms with Crippen LogP contribution in [0.2, 0.25) is 0 Å². The molecule has 328 valence electrons. The predicted molar refractivity (Wildman–Crippen MR) is 303 cm³/mol. The van der Waals surface area contributed by atoms with Crippen LogP contribution in [-0.2, 0) is 0 Å². The summed E-state index contributed by atoms with van der Waals surface area (Å²) in [6.45, 7) is 0. The van der Waals surface area contributed by atoms with Crippen molar-refractivity contribution in [3.05, 3.63) is 218 Å². The van der Waals surface area contributed by atoms with Crippen LogP contribution < -0.4 is 0 Å². The van der Waals surface area contributed by atoms with Crippen molar-refractivity contribution in [2.45, 2.75) is 0 Å². The van der Waals surface area contributed by atoms with E-state index in [4.69, 9.17) is 19.9 Å². The standard InChI is InChI=1S/C68H36N4/c1-5-13-37(14-6-1)53-29-45-25-41-21-22-42-27-47-31-55(39-17-9-3-10-18-39)63-67-59(47)35-50(42)49(41)33-57(45)65-61(53)69-62-54(38-15-7-2-8-16-38)30-46-26-43-23-24-44-28-48-32-56(40-19-11-4-12-20-40)64(70-63)68(72-67)60(48)36-52(44)51(43)34-58(46)66(62)71-65/h1-36H. The second kappa shape index (κ2) is 14.0. The summed E-state index contributed by atoms with van der Waals surface area (Å²) in [5, 5.41) is 18.1. The lowest BCUT2D eigenvalue weighted by molar-refractivity contribution is 1.42. The van der Waals surface area contributed by atoms with Crippen LogP contribution >= 0.6 is 0 Å². The molecule has 17 rings (SSSR count). The zero-order valence-electron chi connectivity index (χ0n) is 38.6. The van der Waals surface area contributed by atoms with Crippen molar-refractivity contribution in [3.8, 4) is 44.5 Å². The van der Waals surface area contributed by atoms with Crippen molar-refractivity contribution >= 4 is 130 Å². The lowest BCUT2D eigenvalue weighted by Gasteiger charge is -2.18. The Bertz CT molecular complexity index is 4470. The molecule has 0 spiro atoms. The molecule has 0 saturated heterocycles. The summed E-state index contributed by atoms with van der Waals surface area (Å²) in [5.41, 5.74) is 15.8. The average molecular weight is 909 g/mol. The van der Waals surface area contributed by atoms with Gasteiger partial charge in [0.05, 0.1) is 44.1 Å². The third-order valence-electron chi connectivity index (χ3n) is 15.7. The quantitative estimate of drug-likeness (QED) is 0.130. The minimum absolute atomic E-state index is 0.885. The first-order chi connectivity index (χ1) is 35.6. The molecule has 0 saturated carbocycles. The van der Waals surface area contributed by atoms with E-state index in [0.717, 1.165) is 175 Å². The Morgan fingerprint density at radius 3 is 0.625 bits per heavy atom. The van der Waals surface area contributed by atoms with Gasteiger partial charge in [-0.2, -0.15) is 0 Å². The molecular weight excluding hydrogens is 873 g/mol. The van der Waals surface area contributed by atoms with E-state index >= 15 is 0 Å². The monoisotopic (exact) mass is 908 g/mol. The summed E-state index contributed by atoms with van der Waals surface area (Å²) in [4.78, 5) is 23.4. The Kier molecular flexibility index (Phi) is 7.44. The van der Waals surface area contributed by atoms with Crippen LogP contribution in [0.5, 0.6) is 0 Å². The molecule has 0 fully saturated rings. The molecule has 72 heavy (non-hydrogen) atoms. The maximum atomic E-state index is 5.91. The normalized spacial score (nSPS) is 12.4. The zero-order valence-corrected chi connectivity index (χ0v) is 38.6. The first-order valence-electron chi connectivity index (χ1n) is 24.7. The fourth-order valence-electron chi connectivity index (χ4n) is 12.3. The van der Waals surface area contributed by atoms with Crippen LogP contribution in [0.3, 0.4) is 0 Å². The van der Waals surface area contributed by atoms with Gasteiger partial charge in [0.15, 0.2) is 0 Å². The summed E-state index contributed by atoms with van der Waals surface area (Å²) in [6, 6.07) is 80.1. The minimum Gasteiger partial charge on any atom is -0.243 e. The van der Waals surface area contributed by atoms with Gasteiger partial charge < -0.3 is 0 Å². The number of nitrogens with zero attached hydrogens (tertiary/aromatic N) is 4. The lowest BCUT2D eigenvalue weighted by atomic mass is 9.90. The van der Waals surface area contributed by atoms with Gasteiger partial charge in [0.25, 0.3) is 0 Å². The highest BCUT2D eigenvalue weighted by atomic mass is 14.8. The van der Waals surface area contributed by atoms with Crippen molar-refractivity contribution in [2.75, 3.05) is 0 Å². The highest BCUT2D eigenvalue weighted by Gasteiger charge is 2.23. The van der Waals surface area contributed by atoms with E-state index in [2.05, 4.69) is 218 Å². The van der Waals surface area contributed by atoms with Crippen LogP contribution in [0.15, 0.2) is 218 Å². The molecule has 3 heterocycles. The Labute approximate surface area is 411 Å². The van der Waals surface area contributed by atoms with Gasteiger partial charge >= 0.3 is 0 Å². The highest BCUT2D eigenvalue weighted by Crippen LogP contribution is 2.46. The van der Waals surface area contributed by atoms with Gasteiger partial charge in [0, 0.05) is 43.8 Å². The third-order valence-corrected chi connectivity index (χ3v) is 15.7. The van der Waals surface area contributed by atoms with Crippen molar-refractivity contribution in [1.29, 1.82) is 0 Å². The fraction of sp³-hybridized carbons (Fsp3) is 0. The van der Waals surface area contributed by atoms with Gasteiger partial charge in [-0.3, -0.25) is 0 Å².